The molecule has 0 radical (unpaired) electrons. The van der Waals surface area contributed by atoms with E-state index in [1.54, 1.807) is 10.9 Å². The molecule has 2 aromatic heterocycles. The SMILES string of the molecule is CCOC1(c2noc(Cn3cc(CN)nn3)n2)CCCC1. The molecule has 0 bridgehead atoms. The first kappa shape index (κ1) is 14.2. The van der Waals surface area contributed by atoms with Crippen molar-refractivity contribution < 1.29 is 9.26 Å². The second-order valence-electron chi connectivity index (χ2n) is 5.26. The Balaban J connectivity index is 1.76. The van der Waals surface area contributed by atoms with Gasteiger partial charge in [-0.2, -0.15) is 4.98 Å². The summed E-state index contributed by atoms with van der Waals surface area (Å²) in [5.41, 5.74) is 5.87. The van der Waals surface area contributed by atoms with E-state index in [9.17, 15) is 0 Å². The topological polar surface area (TPSA) is 105 Å². The first-order valence-electron chi connectivity index (χ1n) is 7.32. The molecule has 3 rings (SSSR count). The summed E-state index contributed by atoms with van der Waals surface area (Å²) >= 11 is 0. The van der Waals surface area contributed by atoms with Crippen LogP contribution in [0.5, 0.6) is 0 Å². The van der Waals surface area contributed by atoms with Gasteiger partial charge in [-0.15, -0.1) is 5.10 Å². The molecule has 1 aliphatic carbocycles. The smallest absolute Gasteiger partial charge is 0.248 e. The van der Waals surface area contributed by atoms with Gasteiger partial charge in [-0.25, -0.2) is 4.68 Å². The molecule has 0 aromatic carbocycles. The van der Waals surface area contributed by atoms with Gasteiger partial charge in [0.25, 0.3) is 0 Å². The first-order chi connectivity index (χ1) is 10.3. The van der Waals surface area contributed by atoms with Crippen LogP contribution in [0.4, 0.5) is 0 Å². The van der Waals surface area contributed by atoms with Crippen molar-refractivity contribution in [1.29, 1.82) is 0 Å². The van der Waals surface area contributed by atoms with Crippen LogP contribution in [-0.2, 0) is 23.4 Å². The highest BCUT2D eigenvalue weighted by Gasteiger charge is 2.40. The maximum atomic E-state index is 5.93. The lowest BCUT2D eigenvalue weighted by atomic mass is 10.0. The van der Waals surface area contributed by atoms with Crippen molar-refractivity contribution >= 4 is 0 Å². The summed E-state index contributed by atoms with van der Waals surface area (Å²) in [7, 11) is 0. The molecule has 21 heavy (non-hydrogen) atoms. The van der Waals surface area contributed by atoms with Crippen LogP contribution in [0.3, 0.4) is 0 Å². The van der Waals surface area contributed by atoms with Gasteiger partial charge in [0.2, 0.25) is 11.7 Å². The Bertz CT molecular complexity index is 587. The Kier molecular flexibility index (Phi) is 3.98. The molecule has 0 amide bonds. The van der Waals surface area contributed by atoms with Crippen LogP contribution in [-0.4, -0.2) is 31.7 Å². The number of nitrogens with two attached hydrogens (primary N) is 1. The van der Waals surface area contributed by atoms with Crippen molar-refractivity contribution in [3.63, 3.8) is 0 Å². The fourth-order valence-corrected chi connectivity index (χ4v) is 2.81. The standard InChI is InChI=1S/C13H20N6O2/c1-2-20-13(5-3-4-6-13)12-15-11(21-17-12)9-19-8-10(7-14)16-18-19/h8H,2-7,9,14H2,1H3. The molecule has 2 aromatic rings. The average Bonchev–Trinajstić information content (AvgIpc) is 3.20. The summed E-state index contributed by atoms with van der Waals surface area (Å²) in [6, 6.07) is 0. The molecule has 1 aliphatic rings. The van der Waals surface area contributed by atoms with Crippen molar-refractivity contribution in [2.45, 2.75) is 51.3 Å². The highest BCUT2D eigenvalue weighted by molar-refractivity contribution is 5.05. The maximum absolute atomic E-state index is 5.93. The Morgan fingerprint density at radius 1 is 1.43 bits per heavy atom. The minimum atomic E-state index is -0.374. The lowest BCUT2D eigenvalue weighted by molar-refractivity contribution is -0.0469. The van der Waals surface area contributed by atoms with Gasteiger partial charge in [-0.1, -0.05) is 10.4 Å². The zero-order valence-corrected chi connectivity index (χ0v) is 12.2. The van der Waals surface area contributed by atoms with Gasteiger partial charge < -0.3 is 15.0 Å². The molecular weight excluding hydrogens is 272 g/mol. The predicted octanol–water partition coefficient (Wildman–Crippen LogP) is 0.974. The van der Waals surface area contributed by atoms with Crippen LogP contribution in [0, 0.1) is 0 Å². The van der Waals surface area contributed by atoms with Gasteiger partial charge in [0.05, 0.1) is 11.9 Å². The third kappa shape index (κ3) is 2.81. The molecule has 0 aliphatic heterocycles. The molecule has 0 unspecified atom stereocenters. The van der Waals surface area contributed by atoms with Gasteiger partial charge in [-0.3, -0.25) is 0 Å². The Hall–Kier alpha value is -1.80. The van der Waals surface area contributed by atoms with Crippen LogP contribution >= 0.6 is 0 Å². The number of nitrogens with zero attached hydrogens (tertiary/aromatic N) is 5. The number of ether oxygens (including phenoxy) is 1. The van der Waals surface area contributed by atoms with E-state index in [1.807, 2.05) is 6.92 Å². The predicted molar refractivity (Wildman–Crippen MR) is 73.1 cm³/mol. The Labute approximate surface area is 122 Å². The van der Waals surface area contributed by atoms with Crippen LogP contribution in [0.2, 0.25) is 0 Å². The number of rotatable bonds is 6. The van der Waals surface area contributed by atoms with Gasteiger partial charge in [-0.05, 0) is 32.6 Å². The maximum Gasteiger partial charge on any atom is 0.248 e. The Morgan fingerprint density at radius 3 is 2.90 bits per heavy atom. The summed E-state index contributed by atoms with van der Waals surface area (Å²) in [4.78, 5) is 4.49. The molecule has 1 saturated carbocycles. The molecule has 0 spiro atoms. The summed E-state index contributed by atoms with van der Waals surface area (Å²) in [6.45, 7) is 3.39. The van der Waals surface area contributed by atoms with E-state index in [4.69, 9.17) is 15.0 Å². The molecule has 0 saturated heterocycles. The van der Waals surface area contributed by atoms with E-state index in [1.165, 1.54) is 0 Å². The van der Waals surface area contributed by atoms with Crippen LogP contribution < -0.4 is 5.73 Å². The summed E-state index contributed by atoms with van der Waals surface area (Å²) in [6.07, 6.45) is 5.93. The number of aromatic nitrogens is 5. The Morgan fingerprint density at radius 2 is 2.24 bits per heavy atom. The second kappa shape index (κ2) is 5.90. The molecular formula is C13H20N6O2. The van der Waals surface area contributed by atoms with E-state index >= 15 is 0 Å². The number of hydrogen-bond donors (Lipinski definition) is 1. The quantitative estimate of drug-likeness (QED) is 0.845. The largest absolute Gasteiger partial charge is 0.367 e. The monoisotopic (exact) mass is 292 g/mol. The first-order valence-corrected chi connectivity index (χ1v) is 7.32. The fourth-order valence-electron chi connectivity index (χ4n) is 2.81. The van der Waals surface area contributed by atoms with E-state index < -0.39 is 0 Å². The van der Waals surface area contributed by atoms with Crippen molar-refractivity contribution in [3.05, 3.63) is 23.6 Å². The molecule has 2 heterocycles. The molecule has 0 atom stereocenters. The van der Waals surface area contributed by atoms with Gasteiger partial charge in [0.15, 0.2) is 0 Å². The van der Waals surface area contributed by atoms with E-state index in [-0.39, 0.29) is 5.60 Å². The molecule has 8 nitrogen and oxygen atoms in total. The van der Waals surface area contributed by atoms with E-state index in [0.29, 0.717) is 31.4 Å². The fraction of sp³-hybridized carbons (Fsp3) is 0.692. The van der Waals surface area contributed by atoms with Crippen molar-refractivity contribution in [3.8, 4) is 0 Å². The lowest BCUT2D eigenvalue weighted by Gasteiger charge is -2.24. The van der Waals surface area contributed by atoms with Crippen molar-refractivity contribution in [2.24, 2.45) is 5.73 Å². The average molecular weight is 292 g/mol. The van der Waals surface area contributed by atoms with E-state index in [2.05, 4.69) is 20.5 Å². The van der Waals surface area contributed by atoms with Gasteiger partial charge in [0.1, 0.15) is 12.1 Å². The highest BCUT2D eigenvalue weighted by atomic mass is 16.5. The normalized spacial score (nSPS) is 17.4. The summed E-state index contributed by atoms with van der Waals surface area (Å²) < 4.78 is 12.9. The van der Waals surface area contributed by atoms with Crippen LogP contribution in [0.1, 0.15) is 50.0 Å². The lowest BCUT2D eigenvalue weighted by Crippen LogP contribution is -2.27. The minimum Gasteiger partial charge on any atom is -0.367 e. The minimum absolute atomic E-state index is 0.364. The molecule has 2 N–H and O–H groups in total. The molecule has 1 fully saturated rings. The van der Waals surface area contributed by atoms with Crippen LogP contribution in [0.25, 0.3) is 0 Å². The highest BCUT2D eigenvalue weighted by Crippen LogP contribution is 2.40. The summed E-state index contributed by atoms with van der Waals surface area (Å²) in [5, 5.41) is 12.0. The van der Waals surface area contributed by atoms with Crippen molar-refractivity contribution in [1.82, 2.24) is 25.1 Å². The van der Waals surface area contributed by atoms with Crippen LogP contribution in [0.15, 0.2) is 10.7 Å². The molecule has 114 valence electrons. The van der Waals surface area contributed by atoms with Gasteiger partial charge >= 0.3 is 0 Å². The van der Waals surface area contributed by atoms with Gasteiger partial charge in [0, 0.05) is 13.2 Å². The zero-order valence-electron chi connectivity index (χ0n) is 12.2. The second-order valence-corrected chi connectivity index (χ2v) is 5.26. The third-order valence-electron chi connectivity index (χ3n) is 3.80. The zero-order chi connectivity index (χ0) is 14.7. The molecule has 8 heteroatoms. The third-order valence-corrected chi connectivity index (χ3v) is 3.80. The van der Waals surface area contributed by atoms with E-state index in [0.717, 1.165) is 31.4 Å². The number of hydrogen-bond acceptors (Lipinski definition) is 7. The van der Waals surface area contributed by atoms with Crippen molar-refractivity contribution in [2.75, 3.05) is 6.61 Å². The summed E-state index contributed by atoms with van der Waals surface area (Å²) in [5.74, 6) is 1.15.